The van der Waals surface area contributed by atoms with Crippen LogP contribution in [0.3, 0.4) is 0 Å². The summed E-state index contributed by atoms with van der Waals surface area (Å²) in [6, 6.07) is 4.90. The Balaban J connectivity index is 0.000000231. The molecule has 648 valence electrons. The van der Waals surface area contributed by atoms with Crippen LogP contribution in [-0.4, -0.2) is 291 Å². The Kier molecular flexibility index (Phi) is 56.1. The van der Waals surface area contributed by atoms with E-state index in [2.05, 4.69) is 71.1 Å². The van der Waals surface area contributed by atoms with Crippen LogP contribution in [0.25, 0.3) is 0 Å². The third-order valence-corrected chi connectivity index (χ3v) is 28.2. The maximum atomic E-state index is 9.44. The number of piperazine rings is 4. The number of carbonyl (C=O) groups excluding carboxylic acids is 1. The van der Waals surface area contributed by atoms with Gasteiger partial charge in [0, 0.05) is 141 Å². The molecule has 12 rings (SSSR count). The number of rotatable bonds is 36. The molecular weight excluding hydrogens is 1360 g/mol. The number of nitrogens with two attached hydrogens (primary N) is 2. The molecule has 6 atom stereocenters. The van der Waals surface area contributed by atoms with Crippen molar-refractivity contribution in [2.24, 2.45) is 35.1 Å². The molecule has 4 heterocycles. The van der Waals surface area contributed by atoms with E-state index in [9.17, 15) is 4.79 Å². The van der Waals surface area contributed by atoms with Gasteiger partial charge in [-0.15, -0.1) is 0 Å². The van der Waals surface area contributed by atoms with E-state index < -0.39 is 0 Å². The van der Waals surface area contributed by atoms with Crippen LogP contribution in [0.1, 0.15) is 324 Å². The zero-order valence-electron chi connectivity index (χ0n) is 71.6. The van der Waals surface area contributed by atoms with Crippen LogP contribution in [0.15, 0.2) is 0 Å². The van der Waals surface area contributed by atoms with Crippen molar-refractivity contribution in [3.8, 4) is 0 Å². The first-order valence-corrected chi connectivity index (χ1v) is 48.3. The van der Waals surface area contributed by atoms with Gasteiger partial charge in [-0.2, -0.15) is 0 Å². The summed E-state index contributed by atoms with van der Waals surface area (Å²) >= 11 is 0. The molecule has 8 saturated carbocycles. The first kappa shape index (κ1) is 97.9. The van der Waals surface area contributed by atoms with Gasteiger partial charge in [0.1, 0.15) is 5.78 Å². The summed E-state index contributed by atoms with van der Waals surface area (Å²) in [7, 11) is 0. The monoisotopic (exact) mass is 1550 g/mol. The molecule has 12 fully saturated rings. The molecule has 0 bridgehead atoms. The summed E-state index contributed by atoms with van der Waals surface area (Å²) in [5.41, 5.74) is 11.0. The van der Waals surface area contributed by atoms with Crippen molar-refractivity contribution in [1.29, 1.82) is 0 Å². The molecule has 12 aliphatic rings. The maximum Gasteiger partial charge on any atom is 0.126 e. The summed E-state index contributed by atoms with van der Waals surface area (Å²) in [5.74, 6) is 4.43. The maximum absolute atomic E-state index is 9.44. The average Bonchev–Trinajstić information content (AvgIpc) is 0.851. The molecule has 0 spiro atoms. The van der Waals surface area contributed by atoms with Gasteiger partial charge in [0.05, 0.1) is 0 Å². The number of hydrogen-bond donors (Lipinski definition) is 8. The highest BCUT2D eigenvalue weighted by Crippen LogP contribution is 2.42. The highest BCUT2D eigenvalue weighted by molar-refractivity contribution is 5.72. The van der Waals surface area contributed by atoms with Crippen molar-refractivity contribution in [3.63, 3.8) is 0 Å². The molecule has 0 amide bonds. The van der Waals surface area contributed by atoms with Crippen LogP contribution < -0.4 is 43.4 Å². The van der Waals surface area contributed by atoms with E-state index in [4.69, 9.17) is 11.5 Å². The normalized spacial score (nSPS) is 27.1. The third-order valence-electron chi connectivity index (χ3n) is 28.2. The van der Waals surface area contributed by atoms with Crippen LogP contribution >= 0.6 is 0 Å². The molecule has 4 saturated heterocycles. The smallest absolute Gasteiger partial charge is 0.126 e. The van der Waals surface area contributed by atoms with E-state index in [1.165, 1.54) is 493 Å². The molecule has 0 aromatic heterocycles. The lowest BCUT2D eigenvalue weighted by molar-refractivity contribution is -0.115. The molecule has 110 heavy (non-hydrogen) atoms. The molecule has 0 radical (unpaired) electrons. The van der Waals surface area contributed by atoms with Crippen molar-refractivity contribution in [2.45, 2.75) is 360 Å². The second kappa shape index (κ2) is 63.1. The van der Waals surface area contributed by atoms with Crippen molar-refractivity contribution >= 4 is 5.78 Å². The first-order valence-electron chi connectivity index (χ1n) is 48.3. The lowest BCUT2D eigenvalue weighted by atomic mass is 9.69. The quantitative estimate of drug-likeness (QED) is 0.0279. The molecule has 0 aromatic rings. The van der Waals surface area contributed by atoms with Crippen LogP contribution in [0.5, 0.6) is 0 Å². The van der Waals surface area contributed by atoms with E-state index in [1.54, 1.807) is 0 Å². The van der Waals surface area contributed by atoms with Gasteiger partial charge in [-0.25, -0.2) is 0 Å². The lowest BCUT2D eigenvalue weighted by Crippen LogP contribution is -2.47. The molecule has 6 unspecified atom stereocenters. The minimum absolute atomic E-state index is 0. The Bertz CT molecular complexity index is 1930. The summed E-state index contributed by atoms with van der Waals surface area (Å²) in [4.78, 5) is 30.6. The van der Waals surface area contributed by atoms with Crippen molar-refractivity contribution in [2.75, 3.05) is 209 Å². The van der Waals surface area contributed by atoms with E-state index in [0.29, 0.717) is 0 Å². The predicted molar refractivity (Wildman–Crippen MR) is 477 cm³/mol. The SMILES string of the molecule is C.C.C1CCC(NCCCN2CCN(CCCNC3CCCCC3)CC2)CC1.C1CCC2CC(NCCCN3CCN(CCCNC4CCC5CCCCC5C4)CC3)CCC2C1.C1CCCC(NCCCN2CCN(CCCNC3CCCCCCC3)CC2)CCC1.CC(C)=O.NCCCN1CCN(CCCN)CC1. The minimum Gasteiger partial charge on any atom is -0.330 e. The van der Waals surface area contributed by atoms with Crippen LogP contribution in [0, 0.1) is 23.7 Å². The van der Waals surface area contributed by atoms with Crippen LogP contribution in [0.2, 0.25) is 0 Å². The summed E-state index contributed by atoms with van der Waals surface area (Å²) < 4.78 is 0. The Hall–Kier alpha value is -0.970. The average molecular weight is 1550 g/mol. The Morgan fingerprint density at radius 3 is 0.627 bits per heavy atom. The zero-order valence-corrected chi connectivity index (χ0v) is 71.6. The number of nitrogens with zero attached hydrogens (tertiary/aromatic N) is 8. The van der Waals surface area contributed by atoms with Crippen molar-refractivity contribution in [1.82, 2.24) is 71.1 Å². The molecule has 17 nitrogen and oxygen atoms in total. The molecular formula is C93H190N16O. The van der Waals surface area contributed by atoms with Gasteiger partial charge < -0.3 is 87.4 Å². The topological polar surface area (TPSA) is 167 Å². The summed E-state index contributed by atoms with van der Waals surface area (Å²) in [5, 5.41) is 23.2. The lowest BCUT2D eigenvalue weighted by Gasteiger charge is -2.40. The predicted octanol–water partition coefficient (Wildman–Crippen LogP) is 14.5. The molecule has 10 N–H and O–H groups in total. The van der Waals surface area contributed by atoms with Crippen molar-refractivity contribution in [3.05, 3.63) is 0 Å². The molecule has 4 aliphatic heterocycles. The second-order valence-corrected chi connectivity index (χ2v) is 37.2. The Labute approximate surface area is 682 Å². The first-order chi connectivity index (χ1) is 53.2. The van der Waals surface area contributed by atoms with Crippen LogP contribution in [0.4, 0.5) is 0 Å². The fraction of sp³-hybridized carbons (Fsp3) is 0.989. The molecule has 0 aromatic carbocycles. The third kappa shape index (κ3) is 44.2. The Morgan fingerprint density at radius 2 is 0.409 bits per heavy atom. The van der Waals surface area contributed by atoms with E-state index >= 15 is 0 Å². The fourth-order valence-corrected chi connectivity index (χ4v) is 21.3. The van der Waals surface area contributed by atoms with E-state index in [-0.39, 0.29) is 20.6 Å². The number of fused-ring (bicyclic) bond motifs is 2. The van der Waals surface area contributed by atoms with Gasteiger partial charge in [0.2, 0.25) is 0 Å². The largest absolute Gasteiger partial charge is 0.330 e. The number of carbonyl (C=O) groups is 1. The number of Topliss-reactive ketones (excluding diaryl/α,β-unsaturated/α-hetero) is 1. The van der Waals surface area contributed by atoms with Gasteiger partial charge in [-0.1, -0.05) is 169 Å². The fourth-order valence-electron chi connectivity index (χ4n) is 21.3. The number of nitrogens with one attached hydrogen (secondary N) is 6. The van der Waals surface area contributed by atoms with Gasteiger partial charge in [-0.3, -0.25) is 0 Å². The van der Waals surface area contributed by atoms with E-state index in [0.717, 1.165) is 85.9 Å². The van der Waals surface area contributed by atoms with Gasteiger partial charge in [0.25, 0.3) is 0 Å². The van der Waals surface area contributed by atoms with Crippen LogP contribution in [-0.2, 0) is 4.79 Å². The van der Waals surface area contributed by atoms with Gasteiger partial charge in [-0.05, 0) is 283 Å². The zero-order chi connectivity index (χ0) is 75.4. The van der Waals surface area contributed by atoms with Gasteiger partial charge in [0.15, 0.2) is 0 Å². The van der Waals surface area contributed by atoms with Crippen molar-refractivity contribution < 1.29 is 4.79 Å². The molecule has 17 heteroatoms. The molecule has 8 aliphatic carbocycles. The highest BCUT2D eigenvalue weighted by Gasteiger charge is 2.34. The summed E-state index contributed by atoms with van der Waals surface area (Å²) in [6.45, 7) is 42.3. The second-order valence-electron chi connectivity index (χ2n) is 37.2. The van der Waals surface area contributed by atoms with E-state index in [1.807, 2.05) is 0 Å². The Morgan fingerprint density at radius 1 is 0.236 bits per heavy atom. The standard InChI is InChI=1S/C30H56N4.C26H52N4.C22H44N4.C10H24N4.C3H6O.2CH4/c1-3-9-27-23-29(13-11-25(27)7-1)31-15-5-17-33-19-21-34(22-20-33)18-6-16-32-30-14-12-26-8-2-4-10-28(26)24-30;1-3-7-13-25(14-8-4-1)27-17-11-19-29-21-23-30(24-22-29)20-12-18-28-26-15-9-5-2-6-10-16-26;1-3-9-21(10-4-1)23-13-7-15-25-17-19-26(20-18-25)16-8-14-24-22-11-5-2-6-12-22;11-3-1-5-13-7-9-14(10-8-13)6-2-4-12;1-3(2)4;;/h25-32H,1-24H2;25-28H,1-24H2;21-24H,1-20H2;1-12H2;1-2H3;2*1H4. The number of ketones is 1. The number of hydrogen-bond acceptors (Lipinski definition) is 17. The van der Waals surface area contributed by atoms with Gasteiger partial charge >= 0.3 is 0 Å². The summed E-state index contributed by atoms with van der Waals surface area (Å²) in [6.07, 6.45) is 65.6. The highest BCUT2D eigenvalue weighted by atomic mass is 16.1. The minimum atomic E-state index is 0.